The Morgan fingerprint density at radius 1 is 1.35 bits per heavy atom. The third-order valence-electron chi connectivity index (χ3n) is 3.19. The Hall–Kier alpha value is -0.900. The second-order valence-electron chi connectivity index (χ2n) is 4.55. The van der Waals surface area contributed by atoms with E-state index in [9.17, 15) is 0 Å². The third-order valence-corrected chi connectivity index (χ3v) is 3.19. The van der Waals surface area contributed by atoms with Crippen molar-refractivity contribution in [1.82, 2.24) is 5.32 Å². The van der Waals surface area contributed by atoms with Gasteiger partial charge < -0.3 is 14.8 Å². The average molecular weight is 235 g/mol. The largest absolute Gasteiger partial charge is 0.376 e. The number of aryl methyl sites for hydroxylation is 1. The van der Waals surface area contributed by atoms with Gasteiger partial charge in [0.25, 0.3) is 0 Å². The molecule has 0 aromatic heterocycles. The summed E-state index contributed by atoms with van der Waals surface area (Å²) in [6, 6.07) is 8.82. The van der Waals surface area contributed by atoms with E-state index in [1.807, 2.05) is 0 Å². The molecule has 17 heavy (non-hydrogen) atoms. The number of benzene rings is 1. The molecule has 3 heteroatoms. The van der Waals surface area contributed by atoms with E-state index in [2.05, 4.69) is 43.4 Å². The van der Waals surface area contributed by atoms with E-state index >= 15 is 0 Å². The van der Waals surface area contributed by atoms with Gasteiger partial charge in [-0.15, -0.1) is 0 Å². The fourth-order valence-corrected chi connectivity index (χ4v) is 2.15. The van der Waals surface area contributed by atoms with Crippen LogP contribution in [0.5, 0.6) is 0 Å². The smallest absolute Gasteiger partial charge is 0.0933 e. The molecule has 0 amide bonds. The van der Waals surface area contributed by atoms with Gasteiger partial charge in [-0.25, -0.2) is 0 Å². The molecule has 2 unspecified atom stereocenters. The Morgan fingerprint density at radius 3 is 2.88 bits per heavy atom. The zero-order valence-corrected chi connectivity index (χ0v) is 10.6. The van der Waals surface area contributed by atoms with Crippen LogP contribution in [-0.4, -0.2) is 32.5 Å². The molecule has 1 heterocycles. The predicted molar refractivity (Wildman–Crippen MR) is 68.2 cm³/mol. The van der Waals surface area contributed by atoms with E-state index in [0.29, 0.717) is 19.3 Å². The summed E-state index contributed by atoms with van der Waals surface area (Å²) in [7, 11) is 0. The quantitative estimate of drug-likeness (QED) is 0.866. The fraction of sp³-hybridized carbons (Fsp3) is 0.571. The first-order valence-electron chi connectivity index (χ1n) is 6.25. The molecule has 1 aromatic carbocycles. The van der Waals surface area contributed by atoms with Crippen molar-refractivity contribution in [2.24, 2.45) is 0 Å². The number of ether oxygens (including phenoxy) is 2. The summed E-state index contributed by atoms with van der Waals surface area (Å²) in [5.74, 6) is 0. The van der Waals surface area contributed by atoms with Gasteiger partial charge in [0.15, 0.2) is 0 Å². The molecule has 2 rings (SSSR count). The van der Waals surface area contributed by atoms with Crippen molar-refractivity contribution in [2.45, 2.75) is 26.0 Å². The van der Waals surface area contributed by atoms with E-state index in [1.54, 1.807) is 0 Å². The summed E-state index contributed by atoms with van der Waals surface area (Å²) in [5.41, 5.74) is 2.68. The molecule has 1 aliphatic rings. The van der Waals surface area contributed by atoms with E-state index < -0.39 is 0 Å². The van der Waals surface area contributed by atoms with Crippen LogP contribution in [0.2, 0.25) is 0 Å². The molecule has 2 atom stereocenters. The lowest BCUT2D eigenvalue weighted by atomic mass is 10.0. The highest BCUT2D eigenvalue weighted by atomic mass is 16.6. The molecule has 1 saturated heterocycles. The predicted octanol–water partition coefficient (Wildman–Crippen LogP) is 2.06. The van der Waals surface area contributed by atoms with Crippen molar-refractivity contribution < 1.29 is 9.47 Å². The van der Waals surface area contributed by atoms with E-state index in [1.165, 1.54) is 11.1 Å². The maximum Gasteiger partial charge on any atom is 0.0933 e. The van der Waals surface area contributed by atoms with Gasteiger partial charge >= 0.3 is 0 Å². The summed E-state index contributed by atoms with van der Waals surface area (Å²) in [6.45, 7) is 7.32. The maximum absolute atomic E-state index is 5.61. The van der Waals surface area contributed by atoms with Crippen LogP contribution in [0.3, 0.4) is 0 Å². The van der Waals surface area contributed by atoms with Crippen LogP contribution in [0.15, 0.2) is 24.3 Å². The van der Waals surface area contributed by atoms with Crippen LogP contribution < -0.4 is 5.32 Å². The topological polar surface area (TPSA) is 30.5 Å². The van der Waals surface area contributed by atoms with E-state index in [4.69, 9.17) is 9.47 Å². The molecule has 0 radical (unpaired) electrons. The average Bonchev–Trinajstić information content (AvgIpc) is 2.38. The molecule has 1 aliphatic heterocycles. The van der Waals surface area contributed by atoms with Crippen LogP contribution in [0.25, 0.3) is 0 Å². The van der Waals surface area contributed by atoms with Crippen molar-refractivity contribution in [3.8, 4) is 0 Å². The van der Waals surface area contributed by atoms with Gasteiger partial charge in [0.1, 0.15) is 0 Å². The highest BCUT2D eigenvalue weighted by Gasteiger charge is 2.15. The lowest BCUT2D eigenvalue weighted by molar-refractivity contribution is -0.0869. The minimum absolute atomic E-state index is 0.190. The molecule has 1 aromatic rings. The highest BCUT2D eigenvalue weighted by molar-refractivity contribution is 5.28. The highest BCUT2D eigenvalue weighted by Crippen LogP contribution is 2.16. The van der Waals surface area contributed by atoms with Gasteiger partial charge in [-0.1, -0.05) is 24.3 Å². The van der Waals surface area contributed by atoms with E-state index in [0.717, 1.165) is 13.2 Å². The van der Waals surface area contributed by atoms with Gasteiger partial charge in [0.05, 0.1) is 25.9 Å². The van der Waals surface area contributed by atoms with Gasteiger partial charge in [0.2, 0.25) is 0 Å². The maximum atomic E-state index is 5.61. The van der Waals surface area contributed by atoms with E-state index in [-0.39, 0.29) is 6.10 Å². The second-order valence-corrected chi connectivity index (χ2v) is 4.55. The molecule has 94 valence electrons. The lowest BCUT2D eigenvalue weighted by Gasteiger charge is -2.25. The monoisotopic (exact) mass is 235 g/mol. The van der Waals surface area contributed by atoms with Gasteiger partial charge in [-0.3, -0.25) is 0 Å². The molecule has 0 saturated carbocycles. The molecular weight excluding hydrogens is 214 g/mol. The molecule has 1 fully saturated rings. The second kappa shape index (κ2) is 6.15. The molecular formula is C14H21NO2. The van der Waals surface area contributed by atoms with Gasteiger partial charge in [-0.05, 0) is 25.0 Å². The molecule has 3 nitrogen and oxygen atoms in total. The Kier molecular flexibility index (Phi) is 4.54. The zero-order valence-electron chi connectivity index (χ0n) is 10.6. The van der Waals surface area contributed by atoms with Crippen molar-refractivity contribution in [2.75, 3.05) is 26.4 Å². The molecule has 0 aliphatic carbocycles. The summed E-state index contributed by atoms with van der Waals surface area (Å²) in [6.07, 6.45) is 0.190. The van der Waals surface area contributed by atoms with Crippen LogP contribution >= 0.6 is 0 Å². The summed E-state index contributed by atoms with van der Waals surface area (Å²) >= 11 is 0. The van der Waals surface area contributed by atoms with Crippen molar-refractivity contribution in [3.05, 3.63) is 35.4 Å². The first-order chi connectivity index (χ1) is 8.27. The third kappa shape index (κ3) is 3.53. The first-order valence-corrected chi connectivity index (χ1v) is 6.25. The standard InChI is InChI=1S/C14H21NO2/c1-11-5-3-4-6-14(11)12(2)15-9-13-10-16-7-8-17-13/h3-6,12-13,15H,7-10H2,1-2H3. The number of nitrogens with one attached hydrogen (secondary N) is 1. The van der Waals surface area contributed by atoms with Crippen molar-refractivity contribution in [3.63, 3.8) is 0 Å². The van der Waals surface area contributed by atoms with Gasteiger partial charge in [0, 0.05) is 12.6 Å². The van der Waals surface area contributed by atoms with Crippen LogP contribution in [-0.2, 0) is 9.47 Å². The summed E-state index contributed by atoms with van der Waals surface area (Å²) in [4.78, 5) is 0. The molecule has 1 N–H and O–H groups in total. The summed E-state index contributed by atoms with van der Waals surface area (Å²) < 4.78 is 11.0. The van der Waals surface area contributed by atoms with Crippen LogP contribution in [0, 0.1) is 6.92 Å². The number of hydrogen-bond donors (Lipinski definition) is 1. The van der Waals surface area contributed by atoms with Crippen molar-refractivity contribution >= 4 is 0 Å². The van der Waals surface area contributed by atoms with Crippen LogP contribution in [0.1, 0.15) is 24.1 Å². The number of rotatable bonds is 4. The lowest BCUT2D eigenvalue weighted by Crippen LogP contribution is -2.38. The zero-order chi connectivity index (χ0) is 12.1. The minimum atomic E-state index is 0.190. The Labute approximate surface area is 103 Å². The van der Waals surface area contributed by atoms with Crippen molar-refractivity contribution in [1.29, 1.82) is 0 Å². The SMILES string of the molecule is Cc1ccccc1C(C)NCC1COCCO1. The Bertz CT molecular complexity index is 348. The fourth-order valence-electron chi connectivity index (χ4n) is 2.15. The molecule has 0 spiro atoms. The molecule has 0 bridgehead atoms. The van der Waals surface area contributed by atoms with Crippen LogP contribution in [0.4, 0.5) is 0 Å². The number of hydrogen-bond acceptors (Lipinski definition) is 3. The van der Waals surface area contributed by atoms with Gasteiger partial charge in [-0.2, -0.15) is 0 Å². The Balaban J connectivity index is 1.84. The first kappa shape index (κ1) is 12.6. The Morgan fingerprint density at radius 2 is 2.18 bits per heavy atom. The minimum Gasteiger partial charge on any atom is -0.376 e. The summed E-state index contributed by atoms with van der Waals surface area (Å²) in [5, 5.41) is 3.50. The normalized spacial score (nSPS) is 22.4.